The van der Waals surface area contributed by atoms with Crippen molar-refractivity contribution in [3.8, 4) is 16.9 Å². The van der Waals surface area contributed by atoms with Crippen molar-refractivity contribution in [1.82, 2.24) is 0 Å². The summed E-state index contributed by atoms with van der Waals surface area (Å²) >= 11 is 0. The molecule has 0 heterocycles. The first-order valence-electron chi connectivity index (χ1n) is 10.7. The molecule has 0 amide bonds. The minimum Gasteiger partial charge on any atom is -0.403 e. The van der Waals surface area contributed by atoms with E-state index in [4.69, 9.17) is 0 Å². The molecule has 1 nitrogen and oxygen atoms in total. The minimum atomic E-state index is -5.13. The quantitative estimate of drug-likeness (QED) is 0.323. The van der Waals surface area contributed by atoms with Crippen molar-refractivity contribution in [3.05, 3.63) is 93.8 Å². The number of rotatable bonds is 5. The van der Waals surface area contributed by atoms with Gasteiger partial charge in [0.15, 0.2) is 11.6 Å². The fourth-order valence-corrected chi connectivity index (χ4v) is 4.27. The summed E-state index contributed by atoms with van der Waals surface area (Å²) in [7, 11) is 0. The first kappa shape index (κ1) is 24.8. The van der Waals surface area contributed by atoms with Gasteiger partial charge in [0.05, 0.1) is 5.56 Å². The molecule has 0 fully saturated rings. The Morgan fingerprint density at radius 3 is 2.09 bits per heavy atom. The Balaban J connectivity index is 1.69. The van der Waals surface area contributed by atoms with Crippen molar-refractivity contribution in [1.29, 1.82) is 0 Å². The van der Waals surface area contributed by atoms with E-state index in [0.29, 0.717) is 30.5 Å². The lowest BCUT2D eigenvalue weighted by atomic mass is 9.85. The molecular weight excluding hydrogens is 480 g/mol. The molecule has 0 atom stereocenters. The minimum absolute atomic E-state index is 0.0459. The Morgan fingerprint density at radius 1 is 0.829 bits per heavy atom. The van der Waals surface area contributed by atoms with E-state index in [1.54, 1.807) is 0 Å². The van der Waals surface area contributed by atoms with Gasteiger partial charge in [-0.05, 0) is 77.4 Å². The lowest BCUT2D eigenvalue weighted by Crippen LogP contribution is -2.18. The van der Waals surface area contributed by atoms with Gasteiger partial charge in [-0.15, -0.1) is 13.2 Å². The van der Waals surface area contributed by atoms with Gasteiger partial charge in [-0.2, -0.15) is 0 Å². The highest BCUT2D eigenvalue weighted by Gasteiger charge is 2.33. The van der Waals surface area contributed by atoms with Crippen LogP contribution in [-0.4, -0.2) is 6.36 Å². The molecule has 1 aliphatic rings. The lowest BCUT2D eigenvalue weighted by molar-refractivity contribution is -0.275. The van der Waals surface area contributed by atoms with Crippen LogP contribution in [0.15, 0.2) is 42.5 Å². The second-order valence-corrected chi connectivity index (χ2v) is 8.17. The Hall–Kier alpha value is -3.36. The number of allylic oxidation sites excluding steroid dienone is 2. The van der Waals surface area contributed by atoms with Crippen LogP contribution in [0.4, 0.5) is 35.1 Å². The van der Waals surface area contributed by atoms with Gasteiger partial charge in [0, 0.05) is 5.56 Å². The highest BCUT2D eigenvalue weighted by molar-refractivity contribution is 5.74. The Kier molecular flexibility index (Phi) is 6.62. The van der Waals surface area contributed by atoms with Gasteiger partial charge in [0.25, 0.3) is 0 Å². The molecule has 35 heavy (non-hydrogen) atoms. The zero-order valence-corrected chi connectivity index (χ0v) is 18.3. The van der Waals surface area contributed by atoms with Crippen molar-refractivity contribution in [2.45, 2.75) is 39.0 Å². The van der Waals surface area contributed by atoms with Crippen molar-refractivity contribution in [2.24, 2.45) is 0 Å². The second-order valence-electron chi connectivity index (χ2n) is 8.17. The van der Waals surface area contributed by atoms with E-state index in [0.717, 1.165) is 12.1 Å². The predicted molar refractivity (Wildman–Crippen MR) is 114 cm³/mol. The monoisotopic (exact) mass is 498 g/mol. The fraction of sp³-hybridized carbons (Fsp3) is 0.231. The molecule has 0 saturated carbocycles. The van der Waals surface area contributed by atoms with Crippen LogP contribution in [0.2, 0.25) is 0 Å². The predicted octanol–water partition coefficient (Wildman–Crippen LogP) is 8.08. The van der Waals surface area contributed by atoms with Gasteiger partial charge in [0.2, 0.25) is 0 Å². The van der Waals surface area contributed by atoms with E-state index >= 15 is 4.39 Å². The fourth-order valence-electron chi connectivity index (χ4n) is 4.27. The first-order chi connectivity index (χ1) is 16.5. The highest BCUT2D eigenvalue weighted by Crippen LogP contribution is 2.38. The molecule has 0 unspecified atom stereocenters. The van der Waals surface area contributed by atoms with Crippen LogP contribution in [0.25, 0.3) is 16.7 Å². The van der Waals surface area contributed by atoms with Crippen LogP contribution in [0.1, 0.15) is 35.6 Å². The summed E-state index contributed by atoms with van der Waals surface area (Å²) in [6, 6.07) is 5.54. The SMILES string of the molecule is CCCc1cc(F)c(C2=CCc3c(cc(F)c(-c4ccc(OC(F)(F)F)c(F)c4)c3F)C2)c(F)c1. The molecule has 184 valence electrons. The summed E-state index contributed by atoms with van der Waals surface area (Å²) in [4.78, 5) is 0. The summed E-state index contributed by atoms with van der Waals surface area (Å²) in [5, 5.41) is 0. The van der Waals surface area contributed by atoms with Crippen LogP contribution in [0.5, 0.6) is 5.75 Å². The van der Waals surface area contributed by atoms with Crippen LogP contribution < -0.4 is 4.74 Å². The third-order valence-electron chi connectivity index (χ3n) is 5.75. The number of halogens is 8. The molecule has 0 bridgehead atoms. The van der Waals surface area contributed by atoms with Gasteiger partial charge in [-0.3, -0.25) is 0 Å². The van der Waals surface area contributed by atoms with Crippen LogP contribution in [-0.2, 0) is 19.3 Å². The van der Waals surface area contributed by atoms with Gasteiger partial charge in [-0.1, -0.05) is 25.5 Å². The Bertz CT molecular complexity index is 1300. The molecule has 1 aliphatic carbocycles. The third kappa shape index (κ3) is 5.04. The van der Waals surface area contributed by atoms with Gasteiger partial charge >= 0.3 is 6.36 Å². The number of alkyl halides is 3. The van der Waals surface area contributed by atoms with E-state index in [1.807, 2.05) is 6.92 Å². The molecule has 9 heteroatoms. The summed E-state index contributed by atoms with van der Waals surface area (Å²) in [5.74, 6) is -6.24. The molecule has 3 aromatic carbocycles. The lowest BCUT2D eigenvalue weighted by Gasteiger charge is -2.21. The van der Waals surface area contributed by atoms with E-state index in [9.17, 15) is 30.7 Å². The summed E-state index contributed by atoms with van der Waals surface area (Å²) < 4.78 is 114. The number of aryl methyl sites for hydroxylation is 1. The second kappa shape index (κ2) is 9.36. The van der Waals surface area contributed by atoms with Crippen LogP contribution in [0.3, 0.4) is 0 Å². The number of benzene rings is 3. The van der Waals surface area contributed by atoms with Crippen molar-refractivity contribution in [3.63, 3.8) is 0 Å². The maximum absolute atomic E-state index is 15.3. The third-order valence-corrected chi connectivity index (χ3v) is 5.75. The smallest absolute Gasteiger partial charge is 0.403 e. The molecular formula is C26H18F8O. The van der Waals surface area contributed by atoms with Gasteiger partial charge < -0.3 is 4.74 Å². The average molecular weight is 498 g/mol. The molecule has 0 radical (unpaired) electrons. The van der Waals surface area contributed by atoms with Crippen LogP contribution >= 0.6 is 0 Å². The zero-order valence-electron chi connectivity index (χ0n) is 18.3. The normalized spacial score (nSPS) is 13.5. The Labute approximate surface area is 195 Å². The number of fused-ring (bicyclic) bond motifs is 1. The van der Waals surface area contributed by atoms with E-state index in [1.165, 1.54) is 18.2 Å². The topological polar surface area (TPSA) is 9.23 Å². The Morgan fingerprint density at radius 2 is 1.49 bits per heavy atom. The summed E-state index contributed by atoms with van der Waals surface area (Å²) in [5.41, 5.74) is -0.263. The van der Waals surface area contributed by atoms with E-state index < -0.39 is 46.8 Å². The maximum atomic E-state index is 15.3. The largest absolute Gasteiger partial charge is 0.573 e. The first-order valence-corrected chi connectivity index (χ1v) is 10.7. The molecule has 0 spiro atoms. The van der Waals surface area contributed by atoms with Crippen molar-refractivity contribution < 1.29 is 39.9 Å². The number of hydrogen-bond donors (Lipinski definition) is 0. The molecule has 0 N–H and O–H groups in total. The van der Waals surface area contributed by atoms with Crippen molar-refractivity contribution in [2.75, 3.05) is 0 Å². The average Bonchev–Trinajstić information content (AvgIpc) is 2.74. The molecule has 0 aliphatic heterocycles. The van der Waals surface area contributed by atoms with E-state index in [-0.39, 0.29) is 40.7 Å². The zero-order chi connectivity index (χ0) is 25.5. The standard InChI is InChI=1S/C26H18F8O/c1-2-3-13-8-19(28)23(20(29)9-13)14-4-6-17-16(10-14)12-21(30)24(25(17)31)15-5-7-22(18(27)11-15)35-26(32,33)34/h4-5,7-9,11-12H,2-3,6,10H2,1H3. The number of hydrogen-bond acceptors (Lipinski definition) is 1. The number of ether oxygens (including phenoxy) is 1. The molecule has 0 saturated heterocycles. The highest BCUT2D eigenvalue weighted by atomic mass is 19.4. The van der Waals surface area contributed by atoms with Crippen LogP contribution in [0, 0.1) is 29.1 Å². The molecule has 0 aromatic heterocycles. The summed E-state index contributed by atoms with van der Waals surface area (Å²) in [6.45, 7) is 1.88. The van der Waals surface area contributed by atoms with Gasteiger partial charge in [0.1, 0.15) is 23.3 Å². The van der Waals surface area contributed by atoms with Crippen molar-refractivity contribution >= 4 is 5.57 Å². The maximum Gasteiger partial charge on any atom is 0.573 e. The van der Waals surface area contributed by atoms with Gasteiger partial charge in [-0.25, -0.2) is 22.0 Å². The summed E-state index contributed by atoms with van der Waals surface area (Å²) in [6.07, 6.45) is -2.75. The molecule has 3 aromatic rings. The van der Waals surface area contributed by atoms with E-state index in [2.05, 4.69) is 4.74 Å². The molecule has 4 rings (SSSR count).